The minimum Gasteiger partial charge on any atom is -0.506 e. The van der Waals surface area contributed by atoms with Crippen molar-refractivity contribution in [3.8, 4) is 11.5 Å². The molecule has 0 saturated carbocycles. The van der Waals surface area contributed by atoms with Crippen LogP contribution in [-0.2, 0) is 4.79 Å². The van der Waals surface area contributed by atoms with Crippen LogP contribution in [0.3, 0.4) is 0 Å². The maximum Gasteiger partial charge on any atom is 0.262 e. The van der Waals surface area contributed by atoms with Crippen LogP contribution in [0, 0.1) is 0 Å². The molecule has 0 bridgehead atoms. The first-order valence-electron chi connectivity index (χ1n) is 4.52. The number of phenolic OH excluding ortho intramolecular Hbond substituents is 1. The van der Waals surface area contributed by atoms with Gasteiger partial charge in [-0.05, 0) is 12.1 Å². The minimum absolute atomic E-state index is 0.0104. The number of rotatable bonds is 0. The largest absolute Gasteiger partial charge is 0.506 e. The van der Waals surface area contributed by atoms with Crippen LogP contribution < -0.4 is 10.1 Å². The number of fused-ring (bicyclic) bond motifs is 1. The molecule has 1 aromatic rings. The van der Waals surface area contributed by atoms with Gasteiger partial charge >= 0.3 is 0 Å². The molecule has 0 spiro atoms. The summed E-state index contributed by atoms with van der Waals surface area (Å²) < 4.78 is 5.04. The van der Waals surface area contributed by atoms with Crippen molar-refractivity contribution in [2.75, 3.05) is 11.9 Å². The molecular formula is C10H13NO3. The summed E-state index contributed by atoms with van der Waals surface area (Å²) in [5.74, 6) is 0.291. The van der Waals surface area contributed by atoms with E-state index in [9.17, 15) is 9.90 Å². The molecule has 14 heavy (non-hydrogen) atoms. The van der Waals surface area contributed by atoms with E-state index in [1.54, 1.807) is 12.1 Å². The van der Waals surface area contributed by atoms with Crippen molar-refractivity contribution in [3.63, 3.8) is 0 Å². The van der Waals surface area contributed by atoms with Crippen LogP contribution >= 0.6 is 0 Å². The molecule has 0 aromatic heterocycles. The molecule has 1 heterocycles. The van der Waals surface area contributed by atoms with Gasteiger partial charge in [-0.2, -0.15) is 0 Å². The first kappa shape index (κ1) is 10.4. The van der Waals surface area contributed by atoms with Gasteiger partial charge in [-0.1, -0.05) is 19.9 Å². The van der Waals surface area contributed by atoms with Crippen LogP contribution in [0.15, 0.2) is 18.2 Å². The van der Waals surface area contributed by atoms with Crippen LogP contribution in [0.4, 0.5) is 5.69 Å². The predicted molar refractivity (Wildman–Crippen MR) is 53.6 cm³/mol. The molecule has 0 atom stereocenters. The molecule has 76 valence electrons. The molecule has 0 radical (unpaired) electrons. The van der Waals surface area contributed by atoms with Gasteiger partial charge in [0.25, 0.3) is 5.91 Å². The Kier molecular flexibility index (Phi) is 3.34. The normalized spacial score (nSPS) is 12.9. The lowest BCUT2D eigenvalue weighted by Gasteiger charge is -2.17. The third kappa shape index (κ3) is 1.96. The fraction of sp³-hybridized carbons (Fsp3) is 0.300. The number of carbonyl (C=O) groups is 1. The molecule has 4 heteroatoms. The topological polar surface area (TPSA) is 58.6 Å². The van der Waals surface area contributed by atoms with Gasteiger partial charge in [0, 0.05) is 0 Å². The lowest BCUT2D eigenvalue weighted by atomic mass is 10.2. The Hall–Kier alpha value is -1.71. The van der Waals surface area contributed by atoms with Gasteiger partial charge in [-0.25, -0.2) is 0 Å². The molecule has 2 N–H and O–H groups in total. The van der Waals surface area contributed by atoms with Gasteiger partial charge in [0.05, 0.1) is 0 Å². The number of phenols is 1. The number of carbonyl (C=O) groups excluding carboxylic acids is 1. The van der Waals surface area contributed by atoms with Gasteiger partial charge in [-0.3, -0.25) is 4.79 Å². The highest BCUT2D eigenvalue weighted by atomic mass is 16.5. The molecule has 1 aliphatic rings. The standard InChI is InChI=1S/C8H7NO3.C2H6/c10-5-2-1-3-6-8(5)9-7(11)4-12-6;1-2/h1-3,10H,4H2,(H,9,11);1-2H3. The van der Waals surface area contributed by atoms with E-state index in [-0.39, 0.29) is 18.3 Å². The number of benzene rings is 1. The van der Waals surface area contributed by atoms with Gasteiger partial charge < -0.3 is 15.2 Å². The number of hydrogen-bond donors (Lipinski definition) is 2. The van der Waals surface area contributed by atoms with E-state index in [1.165, 1.54) is 6.07 Å². The number of aromatic hydroxyl groups is 1. The average Bonchev–Trinajstić information content (AvgIpc) is 2.22. The summed E-state index contributed by atoms with van der Waals surface area (Å²) in [5.41, 5.74) is 0.355. The van der Waals surface area contributed by atoms with Crippen LogP contribution in [0.5, 0.6) is 11.5 Å². The quantitative estimate of drug-likeness (QED) is 0.620. The van der Waals surface area contributed by atoms with E-state index in [0.717, 1.165) is 0 Å². The number of ether oxygens (including phenoxy) is 1. The van der Waals surface area contributed by atoms with E-state index in [2.05, 4.69) is 5.32 Å². The molecule has 4 nitrogen and oxygen atoms in total. The Balaban J connectivity index is 0.000000461. The highest BCUT2D eigenvalue weighted by molar-refractivity contribution is 5.97. The lowest BCUT2D eigenvalue weighted by molar-refractivity contribution is -0.118. The van der Waals surface area contributed by atoms with E-state index in [4.69, 9.17) is 4.74 Å². The van der Waals surface area contributed by atoms with Crippen molar-refractivity contribution in [2.45, 2.75) is 13.8 Å². The van der Waals surface area contributed by atoms with E-state index in [0.29, 0.717) is 11.4 Å². The zero-order valence-electron chi connectivity index (χ0n) is 8.20. The number of hydrogen-bond acceptors (Lipinski definition) is 3. The Morgan fingerprint density at radius 3 is 2.86 bits per heavy atom. The predicted octanol–water partition coefficient (Wildman–Crippen LogP) is 1.75. The fourth-order valence-corrected chi connectivity index (χ4v) is 1.08. The van der Waals surface area contributed by atoms with E-state index in [1.807, 2.05) is 13.8 Å². The molecule has 0 saturated heterocycles. The van der Waals surface area contributed by atoms with Crippen LogP contribution in [-0.4, -0.2) is 17.6 Å². The molecule has 0 aliphatic carbocycles. The summed E-state index contributed by atoms with van der Waals surface area (Å²) in [4.78, 5) is 10.8. The summed E-state index contributed by atoms with van der Waals surface area (Å²) >= 11 is 0. The molecule has 0 unspecified atom stereocenters. The molecule has 1 aliphatic heterocycles. The summed E-state index contributed by atoms with van der Waals surface area (Å²) in [6, 6.07) is 4.84. The first-order valence-corrected chi connectivity index (χ1v) is 4.52. The van der Waals surface area contributed by atoms with Crippen molar-refractivity contribution >= 4 is 11.6 Å². The monoisotopic (exact) mass is 195 g/mol. The number of nitrogens with one attached hydrogen (secondary N) is 1. The lowest BCUT2D eigenvalue weighted by Crippen LogP contribution is -2.25. The number of amides is 1. The Labute approximate surface area is 82.5 Å². The number of anilines is 1. The van der Waals surface area contributed by atoms with Crippen LogP contribution in [0.1, 0.15) is 13.8 Å². The second-order valence-electron chi connectivity index (χ2n) is 2.49. The van der Waals surface area contributed by atoms with E-state index < -0.39 is 0 Å². The van der Waals surface area contributed by atoms with Crippen LogP contribution in [0.2, 0.25) is 0 Å². The third-order valence-electron chi connectivity index (χ3n) is 1.63. The van der Waals surface area contributed by atoms with Crippen molar-refractivity contribution in [3.05, 3.63) is 18.2 Å². The SMILES string of the molecule is CC.O=C1COc2cccc(O)c2N1. The summed E-state index contributed by atoms with van der Waals surface area (Å²) in [5, 5.41) is 11.8. The van der Waals surface area contributed by atoms with Crippen molar-refractivity contribution in [2.24, 2.45) is 0 Å². The average molecular weight is 195 g/mol. The number of para-hydroxylation sites is 1. The van der Waals surface area contributed by atoms with Gasteiger partial charge in [0.15, 0.2) is 6.61 Å². The minimum atomic E-state index is -0.246. The Bertz CT molecular complexity index is 336. The second-order valence-corrected chi connectivity index (χ2v) is 2.49. The zero-order valence-corrected chi connectivity index (χ0v) is 8.20. The van der Waals surface area contributed by atoms with Crippen LogP contribution in [0.25, 0.3) is 0 Å². The Morgan fingerprint density at radius 2 is 2.14 bits per heavy atom. The first-order chi connectivity index (χ1) is 6.77. The van der Waals surface area contributed by atoms with Crippen molar-refractivity contribution in [1.29, 1.82) is 0 Å². The smallest absolute Gasteiger partial charge is 0.262 e. The van der Waals surface area contributed by atoms with Gasteiger partial charge in [-0.15, -0.1) is 0 Å². The molecule has 1 aromatic carbocycles. The Morgan fingerprint density at radius 1 is 1.43 bits per heavy atom. The van der Waals surface area contributed by atoms with Gasteiger partial charge in [0.1, 0.15) is 17.2 Å². The van der Waals surface area contributed by atoms with E-state index >= 15 is 0 Å². The fourth-order valence-electron chi connectivity index (χ4n) is 1.08. The summed E-state index contributed by atoms with van der Waals surface area (Å²) in [7, 11) is 0. The third-order valence-corrected chi connectivity index (χ3v) is 1.63. The maximum absolute atomic E-state index is 10.8. The van der Waals surface area contributed by atoms with Crippen molar-refractivity contribution < 1.29 is 14.6 Å². The maximum atomic E-state index is 10.8. The highest BCUT2D eigenvalue weighted by Crippen LogP contribution is 2.35. The molecule has 1 amide bonds. The molecule has 0 fully saturated rings. The summed E-state index contributed by atoms with van der Waals surface area (Å²) in [6.07, 6.45) is 0. The second kappa shape index (κ2) is 4.50. The summed E-state index contributed by atoms with van der Waals surface area (Å²) in [6.45, 7) is 4.01. The van der Waals surface area contributed by atoms with Gasteiger partial charge in [0.2, 0.25) is 0 Å². The molecule has 2 rings (SSSR count). The molecular weight excluding hydrogens is 182 g/mol. The van der Waals surface area contributed by atoms with Crippen molar-refractivity contribution in [1.82, 2.24) is 0 Å². The zero-order chi connectivity index (χ0) is 10.6. The highest BCUT2D eigenvalue weighted by Gasteiger charge is 2.17.